The summed E-state index contributed by atoms with van der Waals surface area (Å²) in [4.78, 5) is 28.5. The highest BCUT2D eigenvalue weighted by atomic mass is 32.1. The molecule has 1 saturated heterocycles. The molecule has 1 fully saturated rings. The van der Waals surface area contributed by atoms with Crippen LogP contribution in [0.25, 0.3) is 11.0 Å². The van der Waals surface area contributed by atoms with Crippen LogP contribution in [-0.4, -0.2) is 37.2 Å². The van der Waals surface area contributed by atoms with Crippen LogP contribution in [0.5, 0.6) is 0 Å². The van der Waals surface area contributed by atoms with E-state index >= 15 is 0 Å². The third-order valence-electron chi connectivity index (χ3n) is 7.37. The average Bonchev–Trinajstić information content (AvgIpc) is 3.73. The van der Waals surface area contributed by atoms with E-state index in [1.54, 1.807) is 34.4 Å². The van der Waals surface area contributed by atoms with Crippen LogP contribution in [0, 0.1) is 17.8 Å². The molecule has 2 N–H and O–H groups in total. The molecule has 0 spiro atoms. The first-order chi connectivity index (χ1) is 19.6. The van der Waals surface area contributed by atoms with E-state index in [-0.39, 0.29) is 5.56 Å². The van der Waals surface area contributed by atoms with E-state index in [0.717, 1.165) is 41.9 Å². The van der Waals surface area contributed by atoms with Gasteiger partial charge in [0.05, 0.1) is 12.1 Å². The molecule has 202 valence electrons. The summed E-state index contributed by atoms with van der Waals surface area (Å²) < 4.78 is 3.54. The normalized spacial score (nSPS) is 14.8. The number of aryl methyl sites for hydroxylation is 2. The van der Waals surface area contributed by atoms with Crippen molar-refractivity contribution in [2.45, 2.75) is 32.7 Å². The van der Waals surface area contributed by atoms with E-state index in [0.29, 0.717) is 35.4 Å². The Morgan fingerprint density at radius 2 is 2.05 bits per heavy atom. The number of aromatic nitrogens is 5. The molecule has 5 heterocycles. The third-order valence-corrected chi connectivity index (χ3v) is 8.32. The number of imidazole rings is 1. The zero-order valence-electron chi connectivity index (χ0n) is 22.6. The molecule has 4 aromatic heterocycles. The fourth-order valence-electron chi connectivity index (χ4n) is 5.10. The summed E-state index contributed by atoms with van der Waals surface area (Å²) >= 11 is 1.65. The molecule has 0 aliphatic carbocycles. The second-order valence-corrected chi connectivity index (χ2v) is 11.1. The largest absolute Gasteiger partial charge is 0.327 e. The first-order valence-corrected chi connectivity index (χ1v) is 14.5. The molecule has 8 nitrogen and oxygen atoms in total. The van der Waals surface area contributed by atoms with E-state index in [2.05, 4.69) is 75.1 Å². The highest BCUT2D eigenvalue weighted by Crippen LogP contribution is 2.23. The summed E-state index contributed by atoms with van der Waals surface area (Å²) in [7, 11) is 1.88. The molecule has 5 aromatic rings. The Labute approximate surface area is 237 Å². The minimum Gasteiger partial charge on any atom is -0.327 e. The van der Waals surface area contributed by atoms with Crippen LogP contribution in [0.1, 0.15) is 40.7 Å². The monoisotopic (exact) mass is 549 g/mol. The molecule has 40 heavy (non-hydrogen) atoms. The molecule has 0 radical (unpaired) electrons. The SMILES string of the molecule is CCc1ccsc1Cn1c(=O)c(C#Cc2nccn2C)cc2cnc(Nc3ccc(CC4CCNC4)cc3)nc21. The van der Waals surface area contributed by atoms with Gasteiger partial charge < -0.3 is 15.2 Å². The van der Waals surface area contributed by atoms with Gasteiger partial charge in [-0.05, 0) is 85.0 Å². The minimum atomic E-state index is -0.180. The minimum absolute atomic E-state index is 0.180. The molecule has 0 bridgehead atoms. The number of rotatable bonds is 7. The van der Waals surface area contributed by atoms with Crippen molar-refractivity contribution in [1.82, 2.24) is 29.4 Å². The molecule has 1 atom stereocenters. The van der Waals surface area contributed by atoms with E-state index < -0.39 is 0 Å². The van der Waals surface area contributed by atoms with Crippen LogP contribution in [0.4, 0.5) is 11.6 Å². The van der Waals surface area contributed by atoms with Gasteiger partial charge in [0.2, 0.25) is 5.95 Å². The summed E-state index contributed by atoms with van der Waals surface area (Å²) in [5.74, 6) is 7.82. The lowest BCUT2D eigenvalue weighted by Gasteiger charge is -2.13. The number of hydrogen-bond donors (Lipinski definition) is 2. The fourth-order valence-corrected chi connectivity index (χ4v) is 6.07. The van der Waals surface area contributed by atoms with Gasteiger partial charge in [-0.2, -0.15) is 4.98 Å². The van der Waals surface area contributed by atoms with Gasteiger partial charge >= 0.3 is 0 Å². The van der Waals surface area contributed by atoms with Gasteiger partial charge in [-0.3, -0.25) is 9.36 Å². The van der Waals surface area contributed by atoms with Gasteiger partial charge in [-0.25, -0.2) is 9.97 Å². The van der Waals surface area contributed by atoms with Crippen molar-refractivity contribution in [3.05, 3.63) is 98.1 Å². The zero-order valence-corrected chi connectivity index (χ0v) is 23.5. The first kappa shape index (κ1) is 26.0. The van der Waals surface area contributed by atoms with Crippen molar-refractivity contribution < 1.29 is 0 Å². The maximum absolute atomic E-state index is 13.8. The van der Waals surface area contributed by atoms with Crippen LogP contribution >= 0.6 is 11.3 Å². The van der Waals surface area contributed by atoms with Crippen LogP contribution < -0.4 is 16.2 Å². The van der Waals surface area contributed by atoms with Crippen LogP contribution in [-0.2, 0) is 26.4 Å². The topological polar surface area (TPSA) is 89.7 Å². The van der Waals surface area contributed by atoms with Gasteiger partial charge in [-0.1, -0.05) is 25.0 Å². The number of fused-ring (bicyclic) bond motifs is 1. The Bertz CT molecular complexity index is 1770. The van der Waals surface area contributed by atoms with E-state index in [9.17, 15) is 4.79 Å². The zero-order chi connectivity index (χ0) is 27.5. The van der Waals surface area contributed by atoms with E-state index in [1.807, 2.05) is 17.8 Å². The molecule has 1 aromatic carbocycles. The van der Waals surface area contributed by atoms with Gasteiger partial charge in [0.15, 0.2) is 5.82 Å². The lowest BCUT2D eigenvalue weighted by atomic mass is 9.99. The van der Waals surface area contributed by atoms with Gasteiger partial charge in [0, 0.05) is 41.6 Å². The number of hydrogen-bond acceptors (Lipinski definition) is 7. The third kappa shape index (κ3) is 5.55. The number of anilines is 2. The van der Waals surface area contributed by atoms with Crippen molar-refractivity contribution in [1.29, 1.82) is 0 Å². The first-order valence-electron chi connectivity index (χ1n) is 13.6. The van der Waals surface area contributed by atoms with E-state index in [1.165, 1.54) is 17.5 Å². The number of nitrogens with one attached hydrogen (secondary N) is 2. The van der Waals surface area contributed by atoms with Crippen molar-refractivity contribution in [3.63, 3.8) is 0 Å². The molecule has 0 amide bonds. The number of thiophene rings is 1. The molecule has 0 saturated carbocycles. The Morgan fingerprint density at radius 1 is 1.18 bits per heavy atom. The van der Waals surface area contributed by atoms with Crippen molar-refractivity contribution in [2.24, 2.45) is 13.0 Å². The molecular weight excluding hydrogens is 518 g/mol. The highest BCUT2D eigenvalue weighted by molar-refractivity contribution is 7.10. The Hall–Kier alpha value is -4.26. The number of pyridine rings is 1. The molecular formula is C31H31N7OS. The quantitative estimate of drug-likeness (QED) is 0.291. The number of nitrogens with zero attached hydrogens (tertiary/aromatic N) is 5. The van der Waals surface area contributed by atoms with Crippen molar-refractivity contribution in [2.75, 3.05) is 18.4 Å². The summed E-state index contributed by atoms with van der Waals surface area (Å²) in [5.41, 5.74) is 4.25. The lowest BCUT2D eigenvalue weighted by molar-refractivity contribution is 0.580. The molecule has 1 unspecified atom stereocenters. The van der Waals surface area contributed by atoms with Gasteiger partial charge in [0.25, 0.3) is 5.56 Å². The second kappa shape index (κ2) is 11.5. The molecule has 9 heteroatoms. The summed E-state index contributed by atoms with van der Waals surface area (Å²) in [6.45, 7) is 4.75. The van der Waals surface area contributed by atoms with E-state index in [4.69, 9.17) is 4.98 Å². The van der Waals surface area contributed by atoms with Gasteiger partial charge in [0.1, 0.15) is 5.65 Å². The smallest absolute Gasteiger partial charge is 0.268 e. The molecule has 6 rings (SSSR count). The van der Waals surface area contributed by atoms with Crippen LogP contribution in [0.2, 0.25) is 0 Å². The Morgan fingerprint density at radius 3 is 2.80 bits per heavy atom. The van der Waals surface area contributed by atoms with Crippen LogP contribution in [0.15, 0.2) is 65.2 Å². The Balaban J connectivity index is 1.35. The van der Waals surface area contributed by atoms with Crippen LogP contribution in [0.3, 0.4) is 0 Å². The average molecular weight is 550 g/mol. The van der Waals surface area contributed by atoms with Crippen molar-refractivity contribution in [3.8, 4) is 11.8 Å². The summed E-state index contributed by atoms with van der Waals surface area (Å²) in [6.07, 6.45) is 8.49. The maximum Gasteiger partial charge on any atom is 0.268 e. The van der Waals surface area contributed by atoms with Crippen molar-refractivity contribution >= 4 is 34.0 Å². The standard InChI is InChI=1S/C31H31N7OS/c1-3-23-11-15-40-27(23)20-38-29-25(17-24(30(38)39)6-9-28-33-13-14-37(28)2)19-34-31(36-29)35-26-7-4-21(5-8-26)16-22-10-12-32-18-22/h4-5,7-8,11,13-15,17,19,22,32H,3,10,12,16,18,20H2,1-2H3,(H,34,35,36). The molecule has 1 aliphatic rings. The predicted octanol–water partition coefficient (Wildman–Crippen LogP) is 4.49. The maximum atomic E-state index is 13.8. The predicted molar refractivity (Wildman–Crippen MR) is 160 cm³/mol. The van der Waals surface area contributed by atoms with Gasteiger partial charge in [-0.15, -0.1) is 11.3 Å². The number of benzene rings is 1. The fraction of sp³-hybridized carbons (Fsp3) is 0.290. The summed E-state index contributed by atoms with van der Waals surface area (Å²) in [6, 6.07) is 12.3. The molecule has 1 aliphatic heterocycles. The summed E-state index contributed by atoms with van der Waals surface area (Å²) in [5, 5.41) is 9.58. The second-order valence-electron chi connectivity index (χ2n) is 10.1. The highest BCUT2D eigenvalue weighted by Gasteiger charge is 2.16. The Kier molecular flexibility index (Phi) is 7.45. The lowest BCUT2D eigenvalue weighted by Crippen LogP contribution is -2.24.